The third-order valence-electron chi connectivity index (χ3n) is 4.04. The molecule has 3 aromatic rings. The van der Waals surface area contributed by atoms with E-state index >= 15 is 0 Å². The topological polar surface area (TPSA) is 55.1 Å². The lowest BCUT2D eigenvalue weighted by Crippen LogP contribution is -2.03. The molecule has 0 saturated heterocycles. The van der Waals surface area contributed by atoms with Crippen molar-refractivity contribution in [3.63, 3.8) is 0 Å². The van der Waals surface area contributed by atoms with Crippen molar-refractivity contribution in [3.8, 4) is 16.9 Å². The van der Waals surface area contributed by atoms with Gasteiger partial charge in [-0.05, 0) is 44.5 Å². The predicted octanol–water partition coefficient (Wildman–Crippen LogP) is 4.16. The summed E-state index contributed by atoms with van der Waals surface area (Å²) in [5.41, 5.74) is 6.04. The maximum absolute atomic E-state index is 11.6. The third kappa shape index (κ3) is 2.63. The second-order valence-corrected chi connectivity index (χ2v) is 5.70. The minimum absolute atomic E-state index is 0.309. The molecular formula is C19H18N2O2. The van der Waals surface area contributed by atoms with Crippen LogP contribution in [0.25, 0.3) is 16.9 Å². The summed E-state index contributed by atoms with van der Waals surface area (Å²) in [6, 6.07) is 11.7. The summed E-state index contributed by atoms with van der Waals surface area (Å²) in [6.07, 6.45) is 3.45. The van der Waals surface area contributed by atoms with Gasteiger partial charge in [0.15, 0.2) is 0 Å². The Kier molecular flexibility index (Phi) is 3.74. The molecule has 3 rings (SSSR count). The van der Waals surface area contributed by atoms with Crippen LogP contribution in [0.3, 0.4) is 0 Å². The van der Waals surface area contributed by atoms with Crippen LogP contribution in [0.1, 0.15) is 27.2 Å². The van der Waals surface area contributed by atoms with Gasteiger partial charge in [0, 0.05) is 17.5 Å². The smallest absolute Gasteiger partial charge is 0.337 e. The van der Waals surface area contributed by atoms with E-state index < -0.39 is 5.97 Å². The normalized spacial score (nSPS) is 10.7. The van der Waals surface area contributed by atoms with Gasteiger partial charge in [0.2, 0.25) is 0 Å². The van der Waals surface area contributed by atoms with Gasteiger partial charge in [0.25, 0.3) is 0 Å². The van der Waals surface area contributed by atoms with Gasteiger partial charge in [-0.25, -0.2) is 4.79 Å². The highest BCUT2D eigenvalue weighted by Crippen LogP contribution is 2.31. The highest BCUT2D eigenvalue weighted by molar-refractivity contribution is 5.92. The fraction of sp³-hybridized carbons (Fsp3) is 0.158. The Morgan fingerprint density at radius 1 is 1.13 bits per heavy atom. The molecule has 23 heavy (non-hydrogen) atoms. The molecule has 2 heterocycles. The summed E-state index contributed by atoms with van der Waals surface area (Å²) >= 11 is 0. The first kappa shape index (κ1) is 15.0. The molecule has 0 saturated carbocycles. The molecule has 0 spiro atoms. The van der Waals surface area contributed by atoms with Crippen LogP contribution >= 0.6 is 0 Å². The van der Waals surface area contributed by atoms with Gasteiger partial charge in [0.1, 0.15) is 0 Å². The molecule has 4 heteroatoms. The molecule has 0 atom stereocenters. The second-order valence-electron chi connectivity index (χ2n) is 5.70. The van der Waals surface area contributed by atoms with E-state index in [1.807, 2.05) is 49.6 Å². The highest BCUT2D eigenvalue weighted by Gasteiger charge is 2.20. The maximum atomic E-state index is 11.6. The lowest BCUT2D eigenvalue weighted by molar-refractivity contribution is 0.0696. The molecule has 0 aliphatic carbocycles. The molecule has 0 amide bonds. The van der Waals surface area contributed by atoms with E-state index in [2.05, 4.69) is 11.1 Å². The van der Waals surface area contributed by atoms with Crippen LogP contribution in [-0.2, 0) is 0 Å². The van der Waals surface area contributed by atoms with Gasteiger partial charge in [-0.1, -0.05) is 23.8 Å². The van der Waals surface area contributed by atoms with Crippen LogP contribution in [0.5, 0.6) is 0 Å². The van der Waals surface area contributed by atoms with Crippen molar-refractivity contribution < 1.29 is 9.90 Å². The summed E-state index contributed by atoms with van der Waals surface area (Å²) in [5.74, 6) is -0.920. The van der Waals surface area contributed by atoms with E-state index in [-0.39, 0.29) is 0 Å². The Morgan fingerprint density at radius 2 is 1.91 bits per heavy atom. The SMILES string of the molecule is Cc1ccc(-c2cc(C(=O)O)c(C)n2-c2cccnc2)c(C)c1. The summed E-state index contributed by atoms with van der Waals surface area (Å²) in [4.78, 5) is 15.7. The first-order chi connectivity index (χ1) is 11.0. The Hall–Kier alpha value is -2.88. The molecule has 1 N–H and O–H groups in total. The number of carbonyl (C=O) groups is 1. The number of nitrogens with zero attached hydrogens (tertiary/aromatic N) is 2. The van der Waals surface area contributed by atoms with Crippen LogP contribution < -0.4 is 0 Å². The number of aryl methyl sites for hydroxylation is 2. The largest absolute Gasteiger partial charge is 0.478 e. The highest BCUT2D eigenvalue weighted by atomic mass is 16.4. The van der Waals surface area contributed by atoms with Gasteiger partial charge in [-0.15, -0.1) is 0 Å². The molecule has 116 valence electrons. The molecule has 2 aromatic heterocycles. The van der Waals surface area contributed by atoms with Gasteiger partial charge < -0.3 is 9.67 Å². The van der Waals surface area contributed by atoms with Crippen LogP contribution in [0.15, 0.2) is 48.8 Å². The molecule has 0 fully saturated rings. The summed E-state index contributed by atoms with van der Waals surface area (Å²) in [5, 5.41) is 9.48. The first-order valence-electron chi connectivity index (χ1n) is 7.42. The number of hydrogen-bond acceptors (Lipinski definition) is 2. The number of carboxylic acid groups (broad SMARTS) is 1. The molecule has 4 nitrogen and oxygen atoms in total. The van der Waals surface area contributed by atoms with E-state index in [1.54, 1.807) is 18.5 Å². The van der Waals surface area contributed by atoms with Gasteiger partial charge >= 0.3 is 5.97 Å². The van der Waals surface area contributed by atoms with Crippen LogP contribution in [-0.4, -0.2) is 20.6 Å². The van der Waals surface area contributed by atoms with Crippen molar-refractivity contribution in [1.82, 2.24) is 9.55 Å². The predicted molar refractivity (Wildman–Crippen MR) is 90.2 cm³/mol. The summed E-state index contributed by atoms with van der Waals surface area (Å²) in [7, 11) is 0. The summed E-state index contributed by atoms with van der Waals surface area (Å²) in [6.45, 7) is 5.91. The molecule has 0 aliphatic rings. The van der Waals surface area contributed by atoms with Crippen molar-refractivity contribution >= 4 is 5.97 Å². The maximum Gasteiger partial charge on any atom is 0.337 e. The molecule has 0 bridgehead atoms. The molecular weight excluding hydrogens is 288 g/mol. The van der Waals surface area contributed by atoms with Gasteiger partial charge in [-0.3, -0.25) is 4.98 Å². The van der Waals surface area contributed by atoms with E-state index in [4.69, 9.17) is 0 Å². The van der Waals surface area contributed by atoms with Crippen molar-refractivity contribution in [2.75, 3.05) is 0 Å². The Balaban J connectivity index is 2.32. The number of aromatic nitrogens is 2. The average molecular weight is 306 g/mol. The lowest BCUT2D eigenvalue weighted by Gasteiger charge is -2.13. The van der Waals surface area contributed by atoms with E-state index in [9.17, 15) is 9.90 Å². The fourth-order valence-corrected chi connectivity index (χ4v) is 2.94. The number of aromatic carboxylic acids is 1. The number of carboxylic acids is 1. The zero-order valence-electron chi connectivity index (χ0n) is 13.4. The zero-order valence-corrected chi connectivity index (χ0v) is 13.4. The zero-order chi connectivity index (χ0) is 16.6. The fourth-order valence-electron chi connectivity index (χ4n) is 2.94. The Bertz CT molecular complexity index is 880. The van der Waals surface area contributed by atoms with Crippen molar-refractivity contribution in [2.24, 2.45) is 0 Å². The lowest BCUT2D eigenvalue weighted by atomic mass is 10.0. The monoisotopic (exact) mass is 306 g/mol. The van der Waals surface area contributed by atoms with Crippen molar-refractivity contribution in [3.05, 3.63) is 71.2 Å². The van der Waals surface area contributed by atoms with Crippen LogP contribution in [0.4, 0.5) is 0 Å². The molecule has 1 aromatic carbocycles. The van der Waals surface area contributed by atoms with E-state index in [0.29, 0.717) is 11.3 Å². The molecule has 0 aliphatic heterocycles. The Morgan fingerprint density at radius 3 is 2.52 bits per heavy atom. The number of pyridine rings is 1. The number of hydrogen-bond donors (Lipinski definition) is 1. The van der Waals surface area contributed by atoms with Crippen LogP contribution in [0.2, 0.25) is 0 Å². The minimum Gasteiger partial charge on any atom is -0.478 e. The van der Waals surface area contributed by atoms with Crippen molar-refractivity contribution in [2.45, 2.75) is 20.8 Å². The molecule has 0 unspecified atom stereocenters. The third-order valence-corrected chi connectivity index (χ3v) is 4.04. The number of benzene rings is 1. The number of rotatable bonds is 3. The van der Waals surface area contributed by atoms with E-state index in [1.165, 1.54) is 5.56 Å². The van der Waals surface area contributed by atoms with Gasteiger partial charge in [-0.2, -0.15) is 0 Å². The second kappa shape index (κ2) is 5.72. The van der Waals surface area contributed by atoms with E-state index in [0.717, 1.165) is 22.5 Å². The van der Waals surface area contributed by atoms with Crippen molar-refractivity contribution in [1.29, 1.82) is 0 Å². The standard InChI is InChI=1S/C19H18N2O2/c1-12-6-7-16(13(2)9-12)18-10-17(19(22)23)14(3)21(18)15-5-4-8-20-11-15/h4-11H,1-3H3,(H,22,23). The first-order valence-corrected chi connectivity index (χ1v) is 7.42. The van der Waals surface area contributed by atoms with Crippen LogP contribution in [0, 0.1) is 20.8 Å². The Labute approximate surface area is 135 Å². The van der Waals surface area contributed by atoms with Gasteiger partial charge in [0.05, 0.1) is 23.1 Å². The molecule has 0 radical (unpaired) electrons. The minimum atomic E-state index is -0.920. The average Bonchev–Trinajstić information content (AvgIpc) is 2.85. The summed E-state index contributed by atoms with van der Waals surface area (Å²) < 4.78 is 1.95. The quantitative estimate of drug-likeness (QED) is 0.790.